The minimum atomic E-state index is -0.0611. The van der Waals surface area contributed by atoms with Crippen LogP contribution in [-0.2, 0) is 0 Å². The molecule has 12 heteroatoms. The molecule has 0 heterocycles. The Labute approximate surface area is 272 Å². The number of unbranched alkanes of at least 4 members (excludes halogenated alkanes) is 11. The number of halogens is 4. The topological polar surface area (TPSA) is 133 Å². The Morgan fingerprint density at radius 2 is 1.00 bits per heavy atom. The highest BCUT2D eigenvalue weighted by molar-refractivity contribution is 5.86. The zero-order valence-corrected chi connectivity index (χ0v) is 29.1. The van der Waals surface area contributed by atoms with Crippen LogP contribution in [0.25, 0.3) is 0 Å². The molecule has 0 amide bonds. The Kier molecular flexibility index (Phi) is 45.2. The van der Waals surface area contributed by atoms with Gasteiger partial charge in [0.15, 0.2) is 11.9 Å². The summed E-state index contributed by atoms with van der Waals surface area (Å²) >= 11 is 0. The molecule has 0 aliphatic heterocycles. The highest BCUT2D eigenvalue weighted by Gasteiger charge is 2.15. The van der Waals surface area contributed by atoms with Crippen molar-refractivity contribution in [3.8, 4) is 0 Å². The van der Waals surface area contributed by atoms with Gasteiger partial charge >= 0.3 is 0 Å². The van der Waals surface area contributed by atoms with E-state index in [4.69, 9.17) is 22.6 Å². The molecule has 0 aromatic rings. The summed E-state index contributed by atoms with van der Waals surface area (Å²) in [6, 6.07) is -0.0611. The summed E-state index contributed by atoms with van der Waals surface area (Å²) in [5, 5.41) is 10.7. The number of hydrogen-bond donors (Lipinski definition) is 5. The number of rotatable bonds is 26. The van der Waals surface area contributed by atoms with Crippen LogP contribution in [-0.4, -0.2) is 73.6 Å². The quantitative estimate of drug-likeness (QED) is 0.0421. The second kappa shape index (κ2) is 36.6. The van der Waals surface area contributed by atoms with Crippen molar-refractivity contribution in [2.75, 3.05) is 45.8 Å². The molecule has 0 fully saturated rings. The van der Waals surface area contributed by atoms with E-state index in [0.29, 0.717) is 6.54 Å². The molecule has 0 saturated carbocycles. The fourth-order valence-corrected chi connectivity index (χ4v) is 4.74. The summed E-state index contributed by atoms with van der Waals surface area (Å²) in [5.74, 6) is 0.0458. The first kappa shape index (κ1) is 49.3. The lowest BCUT2D eigenvalue weighted by atomic mass is 10.1. The van der Waals surface area contributed by atoms with E-state index < -0.39 is 0 Å². The molecule has 1 unspecified atom stereocenters. The second-order valence-electron chi connectivity index (χ2n) is 10.4. The second-order valence-corrected chi connectivity index (χ2v) is 10.4. The maximum Gasteiger partial charge on any atom is 0.186 e. The smallest absolute Gasteiger partial charge is 0.186 e. The summed E-state index contributed by atoms with van der Waals surface area (Å²) in [6.07, 6.45) is 19.5. The van der Waals surface area contributed by atoms with Crippen LogP contribution < -0.4 is 22.5 Å². The van der Waals surface area contributed by atoms with Gasteiger partial charge in [0.1, 0.15) is 0 Å². The molecule has 0 rings (SSSR count). The van der Waals surface area contributed by atoms with Crippen LogP contribution >= 0.6 is 49.6 Å². The van der Waals surface area contributed by atoms with Gasteiger partial charge in [0.25, 0.3) is 0 Å². The van der Waals surface area contributed by atoms with E-state index in [2.05, 4.69) is 40.9 Å². The van der Waals surface area contributed by atoms with Gasteiger partial charge in [0.05, 0.1) is 12.6 Å². The molecule has 0 saturated heterocycles. The Morgan fingerprint density at radius 3 is 1.40 bits per heavy atom. The predicted molar refractivity (Wildman–Crippen MR) is 188 cm³/mol. The van der Waals surface area contributed by atoms with E-state index in [9.17, 15) is 0 Å². The largest absolute Gasteiger partial charge is 0.370 e. The third-order valence-corrected chi connectivity index (χ3v) is 6.73. The SMILES string of the molecule is CCCCCCCCN(CCC)CCCCN(CCCCCCCC)CC(CN=C(N)N)NC(=N)N.Cl.Cl.Cl.Cl. The van der Waals surface area contributed by atoms with Crippen LogP contribution in [0.2, 0.25) is 0 Å². The van der Waals surface area contributed by atoms with Crippen molar-refractivity contribution in [3.05, 3.63) is 0 Å². The van der Waals surface area contributed by atoms with Gasteiger partial charge in [0.2, 0.25) is 0 Å². The Hall–Kier alpha value is -0.380. The molecular formula is C28H66Cl4N8. The fraction of sp³-hybridized carbons (Fsp3) is 0.929. The summed E-state index contributed by atoms with van der Waals surface area (Å²) in [6.45, 7) is 13.8. The lowest BCUT2D eigenvalue weighted by Crippen LogP contribution is -2.48. The van der Waals surface area contributed by atoms with Gasteiger partial charge in [-0.25, -0.2) is 0 Å². The van der Waals surface area contributed by atoms with Crippen molar-refractivity contribution >= 4 is 61.5 Å². The van der Waals surface area contributed by atoms with E-state index in [-0.39, 0.29) is 67.6 Å². The first-order valence-corrected chi connectivity index (χ1v) is 15.0. The highest BCUT2D eigenvalue weighted by atomic mass is 35.5. The van der Waals surface area contributed by atoms with Crippen molar-refractivity contribution < 1.29 is 0 Å². The molecule has 0 radical (unpaired) electrons. The zero-order valence-electron chi connectivity index (χ0n) is 25.8. The van der Waals surface area contributed by atoms with E-state index >= 15 is 0 Å². The number of hydrogen-bond acceptors (Lipinski definition) is 4. The van der Waals surface area contributed by atoms with Crippen LogP contribution in [0.4, 0.5) is 0 Å². The summed E-state index contributed by atoms with van der Waals surface area (Å²) < 4.78 is 0. The van der Waals surface area contributed by atoms with E-state index in [0.717, 1.165) is 19.6 Å². The molecule has 8 nitrogen and oxygen atoms in total. The van der Waals surface area contributed by atoms with Gasteiger partial charge in [-0.05, 0) is 64.8 Å². The monoisotopic (exact) mass is 654 g/mol. The minimum Gasteiger partial charge on any atom is -0.370 e. The van der Waals surface area contributed by atoms with Gasteiger partial charge < -0.3 is 32.3 Å². The standard InChI is InChI=1S/C28H62N8.4ClH/c1-4-7-9-11-13-15-20-35(19-6-3)21-17-18-23-36(22-16-14-12-10-8-5-2)25-26(34-28(31)32)24-33-27(29)30;;;;/h26H,4-25H2,1-3H3,(H4,29,30,33)(H4,31,32,34);4*1H. The minimum absolute atomic E-state index is 0. The molecule has 40 heavy (non-hydrogen) atoms. The Morgan fingerprint density at radius 1 is 0.600 bits per heavy atom. The van der Waals surface area contributed by atoms with Gasteiger partial charge in [0, 0.05) is 6.54 Å². The molecule has 0 aliphatic rings. The maximum atomic E-state index is 7.68. The lowest BCUT2D eigenvalue weighted by Gasteiger charge is -2.28. The summed E-state index contributed by atoms with van der Waals surface area (Å²) in [7, 11) is 0. The summed E-state index contributed by atoms with van der Waals surface area (Å²) in [5.41, 5.74) is 16.7. The van der Waals surface area contributed by atoms with Crippen molar-refractivity contribution in [2.24, 2.45) is 22.2 Å². The summed E-state index contributed by atoms with van der Waals surface area (Å²) in [4.78, 5) is 9.36. The zero-order chi connectivity index (χ0) is 26.9. The fourth-order valence-electron chi connectivity index (χ4n) is 4.74. The van der Waals surface area contributed by atoms with Crippen LogP contribution in [0.15, 0.2) is 4.99 Å². The average molecular weight is 657 g/mol. The van der Waals surface area contributed by atoms with Crippen LogP contribution in [0.1, 0.15) is 117 Å². The molecule has 1 atom stereocenters. The highest BCUT2D eigenvalue weighted by Crippen LogP contribution is 2.10. The van der Waals surface area contributed by atoms with Gasteiger partial charge in [-0.3, -0.25) is 10.4 Å². The number of nitrogens with two attached hydrogens (primary N) is 3. The van der Waals surface area contributed by atoms with Crippen molar-refractivity contribution in [1.82, 2.24) is 15.1 Å². The van der Waals surface area contributed by atoms with Gasteiger partial charge in [-0.2, -0.15) is 0 Å². The third kappa shape index (κ3) is 33.8. The molecule has 0 bridgehead atoms. The molecule has 246 valence electrons. The Balaban J connectivity index is -0.00000102. The lowest BCUT2D eigenvalue weighted by molar-refractivity contribution is 0.224. The predicted octanol–water partition coefficient (Wildman–Crippen LogP) is 6.31. The van der Waals surface area contributed by atoms with E-state index in [1.54, 1.807) is 0 Å². The molecule has 0 aromatic heterocycles. The molecule has 0 aliphatic carbocycles. The van der Waals surface area contributed by atoms with E-state index in [1.807, 2.05) is 0 Å². The number of nitrogens with zero attached hydrogens (tertiary/aromatic N) is 3. The molecular weight excluding hydrogens is 590 g/mol. The first-order valence-electron chi connectivity index (χ1n) is 15.0. The number of guanidine groups is 2. The molecule has 0 spiro atoms. The van der Waals surface area contributed by atoms with Crippen molar-refractivity contribution in [3.63, 3.8) is 0 Å². The first-order chi connectivity index (χ1) is 17.4. The number of aliphatic imine (C=N–C) groups is 1. The molecule has 8 N–H and O–H groups in total. The van der Waals surface area contributed by atoms with Crippen LogP contribution in [0.5, 0.6) is 0 Å². The third-order valence-electron chi connectivity index (χ3n) is 6.73. The van der Waals surface area contributed by atoms with Crippen LogP contribution in [0.3, 0.4) is 0 Å². The molecule has 0 aromatic carbocycles. The van der Waals surface area contributed by atoms with Crippen LogP contribution in [0, 0.1) is 5.41 Å². The normalized spacial score (nSPS) is 11.0. The van der Waals surface area contributed by atoms with Gasteiger partial charge in [-0.1, -0.05) is 85.0 Å². The van der Waals surface area contributed by atoms with E-state index in [1.165, 1.54) is 116 Å². The average Bonchev–Trinajstić information content (AvgIpc) is 2.83. The maximum absolute atomic E-state index is 7.68. The Bertz CT molecular complexity index is 540. The van der Waals surface area contributed by atoms with Crippen molar-refractivity contribution in [1.29, 1.82) is 5.41 Å². The number of nitrogens with one attached hydrogen (secondary N) is 2. The van der Waals surface area contributed by atoms with Crippen molar-refractivity contribution in [2.45, 2.75) is 123 Å². The van der Waals surface area contributed by atoms with Gasteiger partial charge in [-0.15, -0.1) is 49.6 Å².